The molecule has 3 aliphatic carbocycles. The number of hydrogen-bond acceptors (Lipinski definition) is 3. The Labute approximate surface area is 190 Å². The summed E-state index contributed by atoms with van der Waals surface area (Å²) >= 11 is 0. The molecule has 1 heterocycles. The van der Waals surface area contributed by atoms with E-state index in [1.54, 1.807) is 5.57 Å². The molecule has 0 aromatic rings. The van der Waals surface area contributed by atoms with E-state index in [2.05, 4.69) is 41.2 Å². The minimum Gasteiger partial charge on any atom is -0.393 e. The van der Waals surface area contributed by atoms with Crippen molar-refractivity contribution in [1.29, 1.82) is 0 Å². The first-order chi connectivity index (χ1) is 14.6. The Hall–Kier alpha value is -0.930. The Kier molecular flexibility index (Phi) is 6.33. The molecule has 0 aromatic carbocycles. The average Bonchev–Trinajstić information content (AvgIpc) is 2.72. The number of fused-ring (bicyclic) bond motifs is 4. The van der Waals surface area contributed by atoms with Crippen LogP contribution in [0.25, 0.3) is 0 Å². The summed E-state index contributed by atoms with van der Waals surface area (Å²) < 4.78 is 0. The fourth-order valence-electron chi connectivity index (χ4n) is 7.61. The molecule has 0 radical (unpaired) electrons. The van der Waals surface area contributed by atoms with Crippen LogP contribution in [0.2, 0.25) is 0 Å². The Balaban J connectivity index is 1.62. The van der Waals surface area contributed by atoms with E-state index in [1.165, 1.54) is 23.3 Å². The van der Waals surface area contributed by atoms with E-state index in [0.717, 1.165) is 57.8 Å². The smallest absolute Gasteiger partial charge is 0.145 e. The minimum absolute atomic E-state index is 0.0774. The van der Waals surface area contributed by atoms with Crippen LogP contribution < -0.4 is 0 Å². The molecule has 3 nitrogen and oxygen atoms in total. The van der Waals surface area contributed by atoms with Crippen molar-refractivity contribution in [2.24, 2.45) is 39.5 Å². The summed E-state index contributed by atoms with van der Waals surface area (Å²) in [6.45, 7) is 16.1. The van der Waals surface area contributed by atoms with E-state index in [4.69, 9.17) is 4.99 Å². The van der Waals surface area contributed by atoms with Gasteiger partial charge < -0.3 is 10.2 Å². The van der Waals surface area contributed by atoms with Crippen molar-refractivity contribution in [2.75, 3.05) is 0 Å². The summed E-state index contributed by atoms with van der Waals surface area (Å²) in [6.07, 6.45) is 9.91. The summed E-state index contributed by atoms with van der Waals surface area (Å²) in [4.78, 5) is 4.95. The van der Waals surface area contributed by atoms with Crippen molar-refractivity contribution in [2.45, 2.75) is 111 Å². The van der Waals surface area contributed by atoms with Gasteiger partial charge in [0.05, 0.1) is 6.10 Å². The standard InChI is InChI=1S/C28H45NO2/c1-17(2)18(3)7-8-19(4)24-16-25(31)29-26-22-10-9-20-15-21(30)11-13-27(20,5)23(22)12-14-28(24,26)6/h17,19-21,24-25,30-31H,3,7-16H2,1-2,4-6H3/t19?,20-,21-,24+,25?,27-,28+/m0/s1. The molecule has 0 amide bonds. The van der Waals surface area contributed by atoms with Crippen molar-refractivity contribution >= 4 is 5.71 Å². The van der Waals surface area contributed by atoms with E-state index in [1.807, 2.05) is 0 Å². The van der Waals surface area contributed by atoms with Crippen LogP contribution in [0.3, 0.4) is 0 Å². The lowest BCUT2D eigenvalue weighted by Gasteiger charge is -2.55. The van der Waals surface area contributed by atoms with Crippen LogP contribution in [0.1, 0.15) is 98.8 Å². The fraction of sp³-hybridized carbons (Fsp3) is 0.821. The maximum Gasteiger partial charge on any atom is 0.145 e. The zero-order chi connectivity index (χ0) is 22.6. The lowest BCUT2D eigenvalue weighted by molar-refractivity contribution is 0.0210. The number of hydrogen-bond donors (Lipinski definition) is 2. The highest BCUT2D eigenvalue weighted by Gasteiger charge is 2.53. The zero-order valence-corrected chi connectivity index (χ0v) is 20.6. The quantitative estimate of drug-likeness (QED) is 0.495. The molecule has 7 atom stereocenters. The van der Waals surface area contributed by atoms with Gasteiger partial charge in [-0.15, -0.1) is 0 Å². The second kappa shape index (κ2) is 8.45. The Morgan fingerprint density at radius 1 is 1.06 bits per heavy atom. The van der Waals surface area contributed by atoms with Gasteiger partial charge in [-0.3, -0.25) is 4.99 Å². The maximum absolute atomic E-state index is 10.8. The highest BCUT2D eigenvalue weighted by atomic mass is 16.3. The molecule has 1 aliphatic heterocycles. The number of rotatable bonds is 5. The SMILES string of the molecule is C=C(CCC(C)[C@H]1CC(O)N=C2C3=C(CC[C@@]21C)[C@@]1(C)CC[C@H](O)C[C@@H]1CC3)C(C)C. The van der Waals surface area contributed by atoms with Crippen LogP contribution in [0.5, 0.6) is 0 Å². The summed E-state index contributed by atoms with van der Waals surface area (Å²) in [6, 6.07) is 0. The van der Waals surface area contributed by atoms with Gasteiger partial charge in [-0.2, -0.15) is 0 Å². The minimum atomic E-state index is -0.561. The first-order valence-electron chi connectivity index (χ1n) is 12.9. The number of allylic oxidation sites excluding steroid dienone is 3. The third-order valence-electron chi connectivity index (χ3n) is 9.96. The van der Waals surface area contributed by atoms with E-state index < -0.39 is 6.23 Å². The molecule has 0 bridgehead atoms. The zero-order valence-electron chi connectivity index (χ0n) is 20.6. The van der Waals surface area contributed by atoms with Crippen LogP contribution in [0.4, 0.5) is 0 Å². The van der Waals surface area contributed by atoms with Crippen molar-refractivity contribution in [3.05, 3.63) is 23.3 Å². The molecular weight excluding hydrogens is 382 g/mol. The molecule has 31 heavy (non-hydrogen) atoms. The highest BCUT2D eigenvalue weighted by Crippen LogP contribution is 2.60. The largest absolute Gasteiger partial charge is 0.393 e. The van der Waals surface area contributed by atoms with E-state index in [9.17, 15) is 10.2 Å². The van der Waals surface area contributed by atoms with Gasteiger partial charge in [0.2, 0.25) is 0 Å². The molecule has 2 unspecified atom stereocenters. The van der Waals surface area contributed by atoms with Crippen molar-refractivity contribution in [3.8, 4) is 0 Å². The van der Waals surface area contributed by atoms with Gasteiger partial charge in [0.1, 0.15) is 6.23 Å². The molecule has 4 rings (SSSR count). The topological polar surface area (TPSA) is 52.8 Å². The third-order valence-corrected chi connectivity index (χ3v) is 9.96. The van der Waals surface area contributed by atoms with Gasteiger partial charge in [-0.05, 0) is 98.9 Å². The number of aliphatic imine (C=N–C) groups is 1. The molecular formula is C28H45NO2. The van der Waals surface area contributed by atoms with Crippen molar-refractivity contribution < 1.29 is 10.2 Å². The summed E-state index contributed by atoms with van der Waals surface area (Å²) in [5, 5.41) is 21.1. The van der Waals surface area contributed by atoms with Crippen LogP contribution in [0.15, 0.2) is 28.3 Å². The maximum atomic E-state index is 10.8. The Morgan fingerprint density at radius 2 is 1.81 bits per heavy atom. The molecule has 0 spiro atoms. The lowest BCUT2D eigenvalue weighted by Crippen LogP contribution is -2.51. The van der Waals surface area contributed by atoms with Gasteiger partial charge in [0.15, 0.2) is 0 Å². The fourth-order valence-corrected chi connectivity index (χ4v) is 7.61. The average molecular weight is 428 g/mol. The van der Waals surface area contributed by atoms with Gasteiger partial charge in [0.25, 0.3) is 0 Å². The van der Waals surface area contributed by atoms with Crippen molar-refractivity contribution in [1.82, 2.24) is 0 Å². The monoisotopic (exact) mass is 427 g/mol. The second-order valence-corrected chi connectivity index (χ2v) is 12.1. The molecule has 0 aromatic heterocycles. The van der Waals surface area contributed by atoms with Gasteiger partial charge >= 0.3 is 0 Å². The van der Waals surface area contributed by atoms with E-state index in [0.29, 0.717) is 23.7 Å². The first kappa shape index (κ1) is 23.2. The molecule has 174 valence electrons. The first-order valence-corrected chi connectivity index (χ1v) is 12.9. The molecule has 4 aliphatic rings. The van der Waals surface area contributed by atoms with E-state index in [-0.39, 0.29) is 16.9 Å². The summed E-state index contributed by atoms with van der Waals surface area (Å²) in [5.74, 6) is 2.18. The highest BCUT2D eigenvalue weighted by molar-refractivity contribution is 6.06. The summed E-state index contributed by atoms with van der Waals surface area (Å²) in [7, 11) is 0. The molecule has 2 N–H and O–H groups in total. The van der Waals surface area contributed by atoms with Gasteiger partial charge in [0, 0.05) is 11.1 Å². The molecule has 0 saturated heterocycles. The molecule has 3 heteroatoms. The Bertz CT molecular complexity index is 780. The van der Waals surface area contributed by atoms with E-state index >= 15 is 0 Å². The predicted octanol–water partition coefficient (Wildman–Crippen LogP) is 6.45. The number of nitrogens with zero attached hydrogens (tertiary/aromatic N) is 1. The molecule has 1 saturated carbocycles. The second-order valence-electron chi connectivity index (χ2n) is 12.1. The number of aliphatic hydroxyl groups is 2. The summed E-state index contributed by atoms with van der Waals surface area (Å²) in [5.41, 5.74) is 6.01. The van der Waals surface area contributed by atoms with Crippen LogP contribution in [-0.4, -0.2) is 28.3 Å². The van der Waals surface area contributed by atoms with Gasteiger partial charge in [-0.25, -0.2) is 0 Å². The van der Waals surface area contributed by atoms with Crippen LogP contribution in [-0.2, 0) is 0 Å². The Morgan fingerprint density at radius 3 is 2.52 bits per heavy atom. The third kappa shape index (κ3) is 3.99. The normalized spacial score (nSPS) is 41.2. The van der Waals surface area contributed by atoms with Gasteiger partial charge in [-0.1, -0.05) is 52.3 Å². The predicted molar refractivity (Wildman–Crippen MR) is 129 cm³/mol. The van der Waals surface area contributed by atoms with Crippen LogP contribution >= 0.6 is 0 Å². The van der Waals surface area contributed by atoms with Crippen LogP contribution in [0, 0.1) is 34.5 Å². The lowest BCUT2D eigenvalue weighted by atomic mass is 9.50. The molecule has 1 fully saturated rings. The van der Waals surface area contributed by atoms with Crippen molar-refractivity contribution in [3.63, 3.8) is 0 Å². The number of aliphatic hydroxyl groups excluding tert-OH is 2.